The third-order valence-corrected chi connectivity index (χ3v) is 3.33. The van der Waals surface area contributed by atoms with Crippen molar-refractivity contribution in [3.63, 3.8) is 0 Å². The van der Waals surface area contributed by atoms with Crippen LogP contribution in [0.4, 0.5) is 0 Å². The van der Waals surface area contributed by atoms with Gasteiger partial charge < -0.3 is 18.8 Å². The minimum atomic E-state index is -0.334. The van der Waals surface area contributed by atoms with E-state index in [1.54, 1.807) is 33.6 Å². The van der Waals surface area contributed by atoms with E-state index in [9.17, 15) is 0 Å². The quantitative estimate of drug-likeness (QED) is 0.610. The Kier molecular flexibility index (Phi) is 4.66. The molecule has 1 atom stereocenters. The number of hydrogen-bond acceptors (Lipinski definition) is 6. The van der Waals surface area contributed by atoms with Crippen LogP contribution in [0.25, 0.3) is 0 Å². The van der Waals surface area contributed by atoms with Crippen LogP contribution in [0.5, 0.6) is 17.2 Å². The maximum absolute atomic E-state index is 5.72. The van der Waals surface area contributed by atoms with Crippen molar-refractivity contribution >= 4 is 0 Å². The summed E-state index contributed by atoms with van der Waals surface area (Å²) in [5.41, 5.74) is 3.58. The Bertz CT molecular complexity index is 612. The zero-order chi connectivity index (χ0) is 15.4. The highest BCUT2D eigenvalue weighted by atomic mass is 16.5. The molecule has 3 N–H and O–H groups in total. The molecule has 0 spiro atoms. The summed E-state index contributed by atoms with van der Waals surface area (Å²) in [5, 5.41) is 0. The van der Waals surface area contributed by atoms with Crippen molar-refractivity contribution in [3.8, 4) is 17.2 Å². The van der Waals surface area contributed by atoms with Crippen LogP contribution in [0.2, 0.25) is 0 Å². The molecule has 7 nitrogen and oxygen atoms in total. The zero-order valence-corrected chi connectivity index (χ0v) is 12.6. The normalized spacial score (nSPS) is 12.0. The smallest absolute Gasteiger partial charge is 0.164 e. The summed E-state index contributed by atoms with van der Waals surface area (Å²) >= 11 is 0. The van der Waals surface area contributed by atoms with Crippen LogP contribution in [0.3, 0.4) is 0 Å². The van der Waals surface area contributed by atoms with E-state index in [-0.39, 0.29) is 6.04 Å². The topological polar surface area (TPSA) is 83.6 Å². The number of hydrazine groups is 1. The van der Waals surface area contributed by atoms with Crippen LogP contribution in [0, 0.1) is 0 Å². The number of rotatable bonds is 6. The highest BCUT2D eigenvalue weighted by Crippen LogP contribution is 2.38. The van der Waals surface area contributed by atoms with Gasteiger partial charge in [0.25, 0.3) is 0 Å². The molecule has 0 fully saturated rings. The Morgan fingerprint density at radius 3 is 2.19 bits per heavy atom. The van der Waals surface area contributed by atoms with Crippen molar-refractivity contribution < 1.29 is 14.2 Å². The highest BCUT2D eigenvalue weighted by molar-refractivity contribution is 5.52. The summed E-state index contributed by atoms with van der Waals surface area (Å²) in [5.74, 6) is 8.32. The molecule has 2 rings (SSSR count). The van der Waals surface area contributed by atoms with Gasteiger partial charge in [-0.25, -0.2) is 10.4 Å². The fraction of sp³-hybridized carbons (Fsp3) is 0.357. The molecule has 1 aromatic heterocycles. The molecule has 0 saturated heterocycles. The monoisotopic (exact) mass is 292 g/mol. The van der Waals surface area contributed by atoms with Gasteiger partial charge in [-0.1, -0.05) is 0 Å². The Labute approximate surface area is 123 Å². The van der Waals surface area contributed by atoms with Crippen LogP contribution in [-0.2, 0) is 7.05 Å². The fourth-order valence-corrected chi connectivity index (χ4v) is 2.24. The van der Waals surface area contributed by atoms with E-state index in [0.717, 1.165) is 11.4 Å². The van der Waals surface area contributed by atoms with E-state index in [4.69, 9.17) is 20.1 Å². The molecule has 0 bridgehead atoms. The van der Waals surface area contributed by atoms with Gasteiger partial charge in [-0.3, -0.25) is 5.84 Å². The number of ether oxygens (including phenoxy) is 3. The molecule has 0 saturated carbocycles. The van der Waals surface area contributed by atoms with E-state index < -0.39 is 0 Å². The van der Waals surface area contributed by atoms with E-state index in [0.29, 0.717) is 17.2 Å². The van der Waals surface area contributed by atoms with E-state index in [2.05, 4.69) is 10.4 Å². The van der Waals surface area contributed by atoms with Gasteiger partial charge in [0.15, 0.2) is 11.5 Å². The van der Waals surface area contributed by atoms with Crippen LogP contribution >= 0.6 is 0 Å². The first kappa shape index (κ1) is 15.1. The van der Waals surface area contributed by atoms with E-state index in [1.165, 1.54) is 0 Å². The molecule has 0 amide bonds. The predicted molar refractivity (Wildman–Crippen MR) is 78.5 cm³/mol. The van der Waals surface area contributed by atoms with Crippen LogP contribution in [0.15, 0.2) is 24.5 Å². The summed E-state index contributed by atoms with van der Waals surface area (Å²) in [4.78, 5) is 4.33. The van der Waals surface area contributed by atoms with Crippen molar-refractivity contribution in [2.75, 3.05) is 21.3 Å². The third-order valence-electron chi connectivity index (χ3n) is 3.33. The van der Waals surface area contributed by atoms with Crippen molar-refractivity contribution in [1.82, 2.24) is 15.0 Å². The van der Waals surface area contributed by atoms with Gasteiger partial charge in [-0.2, -0.15) is 0 Å². The molecule has 114 valence electrons. The van der Waals surface area contributed by atoms with Gasteiger partial charge in [0.2, 0.25) is 0 Å². The Morgan fingerprint density at radius 2 is 1.71 bits per heavy atom. The Hall–Kier alpha value is -2.25. The minimum absolute atomic E-state index is 0.334. The first-order valence-electron chi connectivity index (χ1n) is 6.39. The summed E-state index contributed by atoms with van der Waals surface area (Å²) < 4.78 is 18.0. The molecule has 0 aliphatic heterocycles. The van der Waals surface area contributed by atoms with Crippen molar-refractivity contribution in [2.45, 2.75) is 6.04 Å². The lowest BCUT2D eigenvalue weighted by Gasteiger charge is -2.21. The predicted octanol–water partition coefficient (Wildman–Crippen LogP) is 0.999. The number of methoxy groups -OCH3 is 3. The molecular weight excluding hydrogens is 272 g/mol. The Balaban J connectivity index is 2.57. The molecule has 7 heteroatoms. The largest absolute Gasteiger partial charge is 0.496 e. The summed E-state index contributed by atoms with van der Waals surface area (Å²) in [6.07, 6.45) is 3.57. The minimum Gasteiger partial charge on any atom is -0.496 e. The van der Waals surface area contributed by atoms with Crippen molar-refractivity contribution in [3.05, 3.63) is 35.9 Å². The number of imidazole rings is 1. The SMILES string of the molecule is COc1cc(OC)c(C(NN)c2nccn2C)cc1OC. The average molecular weight is 292 g/mol. The first-order valence-corrected chi connectivity index (χ1v) is 6.39. The third kappa shape index (κ3) is 2.79. The summed E-state index contributed by atoms with van der Waals surface area (Å²) in [7, 11) is 6.66. The van der Waals surface area contributed by atoms with Gasteiger partial charge in [0, 0.05) is 31.1 Å². The highest BCUT2D eigenvalue weighted by Gasteiger charge is 2.23. The van der Waals surface area contributed by atoms with Crippen LogP contribution in [-0.4, -0.2) is 30.9 Å². The average Bonchev–Trinajstić information content (AvgIpc) is 2.93. The van der Waals surface area contributed by atoms with Gasteiger partial charge in [-0.05, 0) is 6.07 Å². The van der Waals surface area contributed by atoms with Gasteiger partial charge in [-0.15, -0.1) is 0 Å². The summed E-state index contributed by atoms with van der Waals surface area (Å²) in [6, 6.07) is 3.26. The maximum Gasteiger partial charge on any atom is 0.164 e. The Morgan fingerprint density at radius 1 is 1.10 bits per heavy atom. The number of nitrogens with one attached hydrogen (secondary N) is 1. The number of nitrogens with two attached hydrogens (primary N) is 1. The molecular formula is C14H20N4O3. The standard InChI is InChI=1S/C14H20N4O3/c1-18-6-5-16-14(18)13(17-15)9-7-11(20-3)12(21-4)8-10(9)19-2/h5-8,13,17H,15H2,1-4H3. The van der Waals surface area contributed by atoms with Gasteiger partial charge in [0.05, 0.1) is 21.3 Å². The molecule has 0 aliphatic carbocycles. The zero-order valence-electron chi connectivity index (χ0n) is 12.6. The lowest BCUT2D eigenvalue weighted by Crippen LogP contribution is -2.31. The fourth-order valence-electron chi connectivity index (χ4n) is 2.24. The first-order chi connectivity index (χ1) is 10.2. The number of aromatic nitrogens is 2. The number of nitrogens with zero attached hydrogens (tertiary/aromatic N) is 2. The van der Waals surface area contributed by atoms with Crippen LogP contribution in [0.1, 0.15) is 17.4 Å². The molecule has 2 aromatic rings. The van der Waals surface area contributed by atoms with Crippen molar-refractivity contribution in [1.29, 1.82) is 0 Å². The lowest BCUT2D eigenvalue weighted by molar-refractivity contribution is 0.345. The second kappa shape index (κ2) is 6.47. The second-order valence-corrected chi connectivity index (χ2v) is 4.45. The van der Waals surface area contributed by atoms with Gasteiger partial charge >= 0.3 is 0 Å². The van der Waals surface area contributed by atoms with Gasteiger partial charge in [0.1, 0.15) is 17.6 Å². The number of hydrogen-bond donors (Lipinski definition) is 2. The molecule has 0 aliphatic rings. The number of aryl methyl sites for hydroxylation is 1. The summed E-state index contributed by atoms with van der Waals surface area (Å²) in [6.45, 7) is 0. The molecule has 0 radical (unpaired) electrons. The van der Waals surface area contributed by atoms with Crippen LogP contribution < -0.4 is 25.5 Å². The molecule has 1 heterocycles. The number of benzene rings is 1. The second-order valence-electron chi connectivity index (χ2n) is 4.45. The van der Waals surface area contributed by atoms with E-state index in [1.807, 2.05) is 23.9 Å². The molecule has 21 heavy (non-hydrogen) atoms. The molecule has 1 aromatic carbocycles. The molecule has 1 unspecified atom stereocenters. The maximum atomic E-state index is 5.72. The van der Waals surface area contributed by atoms with Crippen molar-refractivity contribution in [2.24, 2.45) is 12.9 Å². The lowest BCUT2D eigenvalue weighted by atomic mass is 10.0. The van der Waals surface area contributed by atoms with E-state index >= 15 is 0 Å².